The van der Waals surface area contributed by atoms with Gasteiger partial charge in [-0.05, 0) is 12.1 Å². The molecule has 78 valence electrons. The van der Waals surface area contributed by atoms with Gasteiger partial charge in [-0.15, -0.1) is 0 Å². The highest BCUT2D eigenvalue weighted by Crippen LogP contribution is 2.15. The zero-order valence-electron chi connectivity index (χ0n) is 7.80. The van der Waals surface area contributed by atoms with Crippen LogP contribution in [0.1, 0.15) is 13.3 Å². The zero-order chi connectivity index (χ0) is 10.8. The summed E-state index contributed by atoms with van der Waals surface area (Å²) >= 11 is 0. The molecule has 0 radical (unpaired) electrons. The summed E-state index contributed by atoms with van der Waals surface area (Å²) < 4.78 is 4.79. The molecular formula is C9H13O4P. The summed E-state index contributed by atoms with van der Waals surface area (Å²) in [6.07, 6.45) is 0.222. The molecule has 0 aliphatic carbocycles. The van der Waals surface area contributed by atoms with Gasteiger partial charge in [0.05, 0.1) is 0 Å². The third-order valence-electron chi connectivity index (χ3n) is 1.21. The Morgan fingerprint density at radius 2 is 1.93 bits per heavy atom. The molecule has 0 heterocycles. The highest BCUT2D eigenvalue weighted by atomic mass is 31.1. The van der Waals surface area contributed by atoms with Crippen LogP contribution in [0.2, 0.25) is 0 Å². The predicted molar refractivity (Wildman–Crippen MR) is 55.5 cm³/mol. The van der Waals surface area contributed by atoms with Crippen LogP contribution in [0.4, 0.5) is 0 Å². The van der Waals surface area contributed by atoms with Gasteiger partial charge < -0.3 is 14.5 Å². The summed E-state index contributed by atoms with van der Waals surface area (Å²) in [6.45, 7) is 1.60. The number of hydrogen-bond donors (Lipinski definition) is 2. The maximum atomic E-state index is 9.37. The van der Waals surface area contributed by atoms with Crippen molar-refractivity contribution in [3.63, 3.8) is 0 Å². The van der Waals surface area contributed by atoms with E-state index < -0.39 is 15.0 Å². The van der Waals surface area contributed by atoms with Crippen LogP contribution in [0, 0.1) is 0 Å². The van der Waals surface area contributed by atoms with Gasteiger partial charge >= 0.3 is 5.97 Å². The summed E-state index contributed by atoms with van der Waals surface area (Å²) in [7, 11) is -0.465. The minimum Gasteiger partial charge on any atom is -0.481 e. The van der Waals surface area contributed by atoms with Gasteiger partial charge in [0.15, 0.2) is 0 Å². The van der Waals surface area contributed by atoms with Crippen molar-refractivity contribution in [2.75, 3.05) is 0 Å². The molecule has 1 unspecified atom stereocenters. The summed E-state index contributed by atoms with van der Waals surface area (Å²) in [5, 5.41) is 7.72. The second-order valence-electron chi connectivity index (χ2n) is 2.25. The third-order valence-corrected chi connectivity index (χ3v) is 1.54. The van der Waals surface area contributed by atoms with E-state index in [1.165, 1.54) is 0 Å². The lowest BCUT2D eigenvalue weighted by atomic mass is 10.3. The fourth-order valence-corrected chi connectivity index (χ4v) is 0.783. The normalized spacial score (nSPS) is 9.29. The maximum absolute atomic E-state index is 9.37. The van der Waals surface area contributed by atoms with E-state index in [1.807, 2.05) is 18.2 Å². The van der Waals surface area contributed by atoms with Gasteiger partial charge in [-0.2, -0.15) is 0 Å². The number of carboxylic acid groups (broad SMARTS) is 1. The van der Waals surface area contributed by atoms with E-state index in [0.717, 1.165) is 0 Å². The average Bonchev–Trinajstić information content (AvgIpc) is 2.21. The molecule has 2 N–H and O–H groups in total. The van der Waals surface area contributed by atoms with Gasteiger partial charge in [-0.25, -0.2) is 0 Å². The number of carbonyl (C=O) groups is 1. The Balaban J connectivity index is 0.000000292. The van der Waals surface area contributed by atoms with Crippen LogP contribution in [0.15, 0.2) is 30.3 Å². The number of para-hydroxylation sites is 1. The lowest BCUT2D eigenvalue weighted by molar-refractivity contribution is -0.136. The Hall–Kier alpha value is -1.12. The zero-order valence-corrected chi connectivity index (χ0v) is 8.80. The van der Waals surface area contributed by atoms with Crippen LogP contribution in [-0.4, -0.2) is 16.0 Å². The maximum Gasteiger partial charge on any atom is 0.303 e. The second kappa shape index (κ2) is 8.48. The molecule has 0 aliphatic heterocycles. The Bertz CT molecular complexity index is 250. The quantitative estimate of drug-likeness (QED) is 0.759. The fraction of sp³-hybridized carbons (Fsp3) is 0.222. The van der Waals surface area contributed by atoms with Gasteiger partial charge in [0.2, 0.25) is 9.03 Å². The number of carboxylic acids is 1. The molecule has 0 spiro atoms. The van der Waals surface area contributed by atoms with Crippen molar-refractivity contribution in [3.8, 4) is 5.75 Å². The SMILES string of the molecule is CCC(=O)O.OPOc1ccccc1. The van der Waals surface area contributed by atoms with Crippen LogP contribution in [0.5, 0.6) is 5.75 Å². The number of aliphatic carboxylic acids is 1. The van der Waals surface area contributed by atoms with E-state index >= 15 is 0 Å². The van der Waals surface area contributed by atoms with Gasteiger partial charge in [-0.1, -0.05) is 25.1 Å². The minimum atomic E-state index is -0.745. The first kappa shape index (κ1) is 12.9. The van der Waals surface area contributed by atoms with Crippen LogP contribution < -0.4 is 4.52 Å². The molecule has 1 atom stereocenters. The molecule has 0 saturated heterocycles. The van der Waals surface area contributed by atoms with E-state index in [1.54, 1.807) is 19.1 Å². The molecule has 0 bridgehead atoms. The highest BCUT2D eigenvalue weighted by molar-refractivity contribution is 7.25. The molecule has 0 saturated carbocycles. The Kier molecular flexibility index (Phi) is 7.80. The summed E-state index contributed by atoms with van der Waals surface area (Å²) in [4.78, 5) is 17.7. The first-order chi connectivity index (χ1) is 6.70. The molecule has 1 aromatic rings. The second-order valence-corrected chi connectivity index (χ2v) is 2.64. The molecule has 5 heteroatoms. The van der Waals surface area contributed by atoms with Crippen LogP contribution in [-0.2, 0) is 4.79 Å². The van der Waals surface area contributed by atoms with Gasteiger partial charge in [0.1, 0.15) is 5.75 Å². The van der Waals surface area contributed by atoms with Crippen molar-refractivity contribution in [3.05, 3.63) is 30.3 Å². The first-order valence-corrected chi connectivity index (χ1v) is 4.89. The van der Waals surface area contributed by atoms with E-state index in [4.69, 9.17) is 14.5 Å². The van der Waals surface area contributed by atoms with Crippen molar-refractivity contribution < 1.29 is 19.3 Å². The molecule has 14 heavy (non-hydrogen) atoms. The van der Waals surface area contributed by atoms with E-state index in [2.05, 4.69) is 0 Å². The van der Waals surface area contributed by atoms with Crippen molar-refractivity contribution in [2.24, 2.45) is 0 Å². The monoisotopic (exact) mass is 216 g/mol. The Morgan fingerprint density at radius 1 is 1.43 bits per heavy atom. The largest absolute Gasteiger partial charge is 0.481 e. The summed E-state index contributed by atoms with van der Waals surface area (Å²) in [6, 6.07) is 9.20. The van der Waals surface area contributed by atoms with Gasteiger partial charge in [0.25, 0.3) is 0 Å². The van der Waals surface area contributed by atoms with E-state index in [9.17, 15) is 4.79 Å². The number of hydrogen-bond acceptors (Lipinski definition) is 3. The van der Waals surface area contributed by atoms with Crippen molar-refractivity contribution in [1.82, 2.24) is 0 Å². The topological polar surface area (TPSA) is 66.8 Å². The molecule has 1 aromatic carbocycles. The lowest BCUT2D eigenvalue weighted by Crippen LogP contribution is -1.86. The third kappa shape index (κ3) is 7.53. The number of benzene rings is 1. The molecular weight excluding hydrogens is 203 g/mol. The van der Waals surface area contributed by atoms with Gasteiger partial charge in [-0.3, -0.25) is 4.79 Å². The summed E-state index contributed by atoms with van der Waals surface area (Å²) in [5.41, 5.74) is 0. The van der Waals surface area contributed by atoms with Crippen LogP contribution in [0.3, 0.4) is 0 Å². The molecule has 0 aromatic heterocycles. The minimum absolute atomic E-state index is 0.222. The predicted octanol–water partition coefficient (Wildman–Crippen LogP) is 2.05. The smallest absolute Gasteiger partial charge is 0.303 e. The molecule has 4 nitrogen and oxygen atoms in total. The molecule has 0 aliphatic rings. The first-order valence-electron chi connectivity index (χ1n) is 4.03. The van der Waals surface area contributed by atoms with Crippen LogP contribution >= 0.6 is 9.03 Å². The lowest BCUT2D eigenvalue weighted by Gasteiger charge is -1.97. The molecule has 0 fully saturated rings. The molecule has 0 amide bonds. The fourth-order valence-electron chi connectivity index (χ4n) is 0.541. The van der Waals surface area contributed by atoms with Crippen molar-refractivity contribution in [2.45, 2.75) is 13.3 Å². The number of rotatable bonds is 3. The van der Waals surface area contributed by atoms with E-state index in [0.29, 0.717) is 5.75 Å². The Morgan fingerprint density at radius 3 is 2.29 bits per heavy atom. The summed E-state index contributed by atoms with van der Waals surface area (Å²) in [5.74, 6) is -0.0386. The Labute approximate surface area is 84.5 Å². The standard InChI is InChI=1S/C6H7O2P.C3H6O2/c7-9-8-6-4-2-1-3-5-6;1-2-3(4)5/h1-5,7,9H;2H2,1H3,(H,4,5). The average molecular weight is 216 g/mol. The van der Waals surface area contributed by atoms with Crippen LogP contribution in [0.25, 0.3) is 0 Å². The van der Waals surface area contributed by atoms with Gasteiger partial charge in [0, 0.05) is 6.42 Å². The highest BCUT2D eigenvalue weighted by Gasteiger charge is 1.85. The van der Waals surface area contributed by atoms with Crippen molar-refractivity contribution >= 4 is 15.0 Å². The molecule has 1 rings (SSSR count). The van der Waals surface area contributed by atoms with E-state index in [-0.39, 0.29) is 6.42 Å². The van der Waals surface area contributed by atoms with Crippen molar-refractivity contribution in [1.29, 1.82) is 0 Å².